The highest BCUT2D eigenvalue weighted by molar-refractivity contribution is 6.61. The average Bonchev–Trinajstić information content (AvgIpc) is 2.86. The van der Waals surface area contributed by atoms with Crippen molar-refractivity contribution in [2.24, 2.45) is 5.73 Å². The molecule has 228 valence electrons. The van der Waals surface area contributed by atoms with Crippen LogP contribution >= 0.6 is 0 Å². The van der Waals surface area contributed by atoms with Gasteiger partial charge in [-0.2, -0.15) is 0 Å². The van der Waals surface area contributed by atoms with Crippen LogP contribution in [0.3, 0.4) is 0 Å². The number of nitrogens with two attached hydrogens (primary N) is 1. The van der Waals surface area contributed by atoms with Crippen molar-refractivity contribution in [1.82, 2.24) is 26.6 Å². The minimum absolute atomic E-state index is 0.322. The van der Waals surface area contributed by atoms with Crippen LogP contribution in [0.5, 0.6) is 0 Å². The van der Waals surface area contributed by atoms with E-state index in [1.807, 2.05) is 24.3 Å². The molecule has 0 bridgehead atoms. The summed E-state index contributed by atoms with van der Waals surface area (Å²) in [5.74, 6) is -3.08. The first-order valence-electron chi connectivity index (χ1n) is 13.1. The molecule has 1 aromatic carbocycles. The van der Waals surface area contributed by atoms with E-state index in [2.05, 4.69) is 26.6 Å². The Labute approximate surface area is 242 Å². The number of benzene rings is 1. The minimum atomic E-state index is -1.46. The second-order valence-corrected chi connectivity index (χ2v) is 11.9. The average molecular weight is 577 g/mol. The first-order chi connectivity index (χ1) is 18.7. The Morgan fingerprint density at radius 2 is 1.12 bits per heavy atom. The number of rotatable bonds is 15. The van der Waals surface area contributed by atoms with Crippen molar-refractivity contribution in [2.75, 3.05) is 20.8 Å². The van der Waals surface area contributed by atoms with Gasteiger partial charge in [0.15, 0.2) is 0 Å². The van der Waals surface area contributed by atoms with Gasteiger partial charge in [0.25, 0.3) is 0 Å². The molecular formula is C27H45BN6O7. The number of nitrogens with one attached hydrogen (secondary N) is 5. The van der Waals surface area contributed by atoms with Crippen molar-refractivity contribution in [2.45, 2.75) is 84.1 Å². The van der Waals surface area contributed by atoms with Crippen molar-refractivity contribution in [3.05, 3.63) is 29.8 Å². The maximum Gasteiger partial charge on any atom is 0.493 e. The molecule has 7 N–H and O–H groups in total. The Balaban J connectivity index is 2.89. The highest BCUT2D eigenvalue weighted by Gasteiger charge is 2.41. The molecule has 0 aliphatic carbocycles. The van der Waals surface area contributed by atoms with Gasteiger partial charge >= 0.3 is 7.12 Å². The molecule has 0 heterocycles. The van der Waals surface area contributed by atoms with E-state index in [4.69, 9.17) is 15.0 Å². The maximum absolute atomic E-state index is 13.2. The molecule has 1 aromatic rings. The molecule has 5 amide bonds. The van der Waals surface area contributed by atoms with E-state index in [0.29, 0.717) is 6.54 Å². The molecule has 1 rings (SSSR count). The van der Waals surface area contributed by atoms with E-state index in [9.17, 15) is 24.0 Å². The molecule has 0 aliphatic heterocycles. The zero-order chi connectivity index (χ0) is 31.8. The minimum Gasteiger partial charge on any atom is -0.410 e. The van der Waals surface area contributed by atoms with Crippen LogP contribution in [-0.2, 0) is 39.8 Å². The lowest BCUT2D eigenvalue weighted by molar-refractivity contribution is -0.140. The van der Waals surface area contributed by atoms with Gasteiger partial charge < -0.3 is 36.3 Å². The van der Waals surface area contributed by atoms with Crippen LogP contribution in [0.15, 0.2) is 24.3 Å². The van der Waals surface area contributed by atoms with Gasteiger partial charge in [0, 0.05) is 20.8 Å². The van der Waals surface area contributed by atoms with Gasteiger partial charge in [-0.3, -0.25) is 29.3 Å². The number of amides is 5. The Morgan fingerprint density at radius 3 is 1.56 bits per heavy atom. The fourth-order valence-electron chi connectivity index (χ4n) is 3.55. The Kier molecular flexibility index (Phi) is 12.1. The lowest BCUT2D eigenvalue weighted by Gasteiger charge is -2.36. The lowest BCUT2D eigenvalue weighted by atomic mass is 9.75. The molecule has 0 fully saturated rings. The monoisotopic (exact) mass is 576 g/mol. The molecule has 13 nitrogen and oxygen atoms in total. The summed E-state index contributed by atoms with van der Waals surface area (Å²) in [6, 6.07) is 7.51. The van der Waals surface area contributed by atoms with Crippen LogP contribution in [0, 0.1) is 0 Å². The van der Waals surface area contributed by atoms with Crippen molar-refractivity contribution in [1.29, 1.82) is 0 Å². The smallest absolute Gasteiger partial charge is 0.410 e. The fraction of sp³-hybridized carbons (Fsp3) is 0.593. The highest BCUT2D eigenvalue weighted by Crippen LogP contribution is 2.14. The molecule has 41 heavy (non-hydrogen) atoms. The van der Waals surface area contributed by atoms with Crippen LogP contribution in [0.2, 0.25) is 0 Å². The third-order valence-corrected chi connectivity index (χ3v) is 6.43. The van der Waals surface area contributed by atoms with Gasteiger partial charge in [-0.15, -0.1) is 0 Å². The number of carbonyl (C=O) groups is 5. The Morgan fingerprint density at radius 1 is 0.707 bits per heavy atom. The maximum atomic E-state index is 13.2. The zero-order valence-electron chi connectivity index (χ0n) is 25.7. The highest BCUT2D eigenvalue weighted by atomic mass is 16.6. The third-order valence-electron chi connectivity index (χ3n) is 6.43. The standard InChI is InChI=1S/C27H45BN6O7/c1-24(2,31-15-17-13-11-12-14-18(17)28(40-9)41-10)21(37)32-26(5,6)23(39)34-27(7,8)22(38)33-25(3,4)20(36)30-16-19(29)35/h11-14,31H,15-16H2,1-10H3,(H2,29,35)(H,30,36)(H,32,37)(H,33,38)(H,34,39). The van der Waals surface area contributed by atoms with Crippen LogP contribution in [0.4, 0.5) is 0 Å². The Bertz CT molecular complexity index is 1130. The number of hydrogen-bond donors (Lipinski definition) is 6. The second kappa shape index (κ2) is 13.9. The van der Waals surface area contributed by atoms with Gasteiger partial charge in [0.1, 0.15) is 16.6 Å². The summed E-state index contributed by atoms with van der Waals surface area (Å²) >= 11 is 0. The molecule has 0 spiro atoms. The topological polar surface area (TPSA) is 190 Å². The SMILES string of the molecule is COB(OC)c1ccccc1CNC(C)(C)C(=O)NC(C)(C)C(=O)NC(C)(C)C(=O)NC(C)(C)C(=O)NCC(N)=O. The summed E-state index contributed by atoms with van der Waals surface area (Å²) in [6.45, 7) is 12.2. The van der Waals surface area contributed by atoms with E-state index in [1.54, 1.807) is 13.8 Å². The first kappa shape index (κ1) is 35.5. The van der Waals surface area contributed by atoms with E-state index < -0.39 is 58.8 Å². The van der Waals surface area contributed by atoms with Crippen LogP contribution in [-0.4, -0.2) is 79.6 Å². The predicted molar refractivity (Wildman–Crippen MR) is 156 cm³/mol. The van der Waals surface area contributed by atoms with Gasteiger partial charge in [0.05, 0.1) is 12.1 Å². The molecule has 0 aromatic heterocycles. The molecule has 14 heteroatoms. The summed E-state index contributed by atoms with van der Waals surface area (Å²) in [5, 5.41) is 13.5. The number of primary amides is 1. The molecule has 0 radical (unpaired) electrons. The predicted octanol–water partition coefficient (Wildman–Crippen LogP) is -1.17. The second-order valence-electron chi connectivity index (χ2n) is 11.9. The zero-order valence-corrected chi connectivity index (χ0v) is 25.7. The van der Waals surface area contributed by atoms with Gasteiger partial charge in [-0.1, -0.05) is 24.3 Å². The van der Waals surface area contributed by atoms with Crippen molar-refractivity contribution in [3.8, 4) is 0 Å². The fourth-order valence-corrected chi connectivity index (χ4v) is 3.55. The summed E-state index contributed by atoms with van der Waals surface area (Å²) in [4.78, 5) is 62.8. The van der Waals surface area contributed by atoms with Gasteiger partial charge in [0.2, 0.25) is 29.5 Å². The summed E-state index contributed by atoms with van der Waals surface area (Å²) in [7, 11) is 2.51. The van der Waals surface area contributed by atoms with Crippen LogP contribution in [0.25, 0.3) is 0 Å². The van der Waals surface area contributed by atoms with Crippen LogP contribution < -0.4 is 37.8 Å². The largest absolute Gasteiger partial charge is 0.493 e. The third kappa shape index (κ3) is 10.1. The molecule has 0 saturated carbocycles. The number of carbonyl (C=O) groups excluding carboxylic acids is 5. The summed E-state index contributed by atoms with van der Waals surface area (Å²) in [6.07, 6.45) is 0. The van der Waals surface area contributed by atoms with E-state index in [1.165, 1.54) is 55.8 Å². The first-order valence-corrected chi connectivity index (χ1v) is 13.1. The molecule has 0 saturated heterocycles. The Hall–Kier alpha value is -3.49. The molecular weight excluding hydrogens is 531 g/mol. The molecule has 0 unspecified atom stereocenters. The van der Waals surface area contributed by atoms with Gasteiger partial charge in [-0.05, 0) is 66.4 Å². The molecule has 0 aliphatic rings. The van der Waals surface area contributed by atoms with E-state index in [-0.39, 0.29) is 6.54 Å². The number of hydrogen-bond acceptors (Lipinski definition) is 8. The summed E-state index contributed by atoms with van der Waals surface area (Å²) in [5.41, 5.74) is 1.38. The summed E-state index contributed by atoms with van der Waals surface area (Å²) < 4.78 is 10.7. The van der Waals surface area contributed by atoms with E-state index in [0.717, 1.165) is 11.0 Å². The van der Waals surface area contributed by atoms with Crippen LogP contribution in [0.1, 0.15) is 61.0 Å². The van der Waals surface area contributed by atoms with Crippen molar-refractivity contribution < 1.29 is 33.3 Å². The lowest BCUT2D eigenvalue weighted by Crippen LogP contribution is -2.67. The van der Waals surface area contributed by atoms with Crippen molar-refractivity contribution in [3.63, 3.8) is 0 Å². The quantitative estimate of drug-likeness (QED) is 0.141. The van der Waals surface area contributed by atoms with Gasteiger partial charge in [-0.25, -0.2) is 0 Å². The van der Waals surface area contributed by atoms with Crippen molar-refractivity contribution >= 4 is 42.1 Å². The van der Waals surface area contributed by atoms with E-state index >= 15 is 0 Å². The molecule has 0 atom stereocenters. The normalized spacial score (nSPS) is 12.2.